The van der Waals surface area contributed by atoms with Crippen molar-refractivity contribution in [2.45, 2.75) is 45.1 Å². The molecule has 0 fully saturated rings. The average molecular weight is 351 g/mol. The Hall–Kier alpha value is -2.42. The molecular formula is C23H25FO2. The summed E-state index contributed by atoms with van der Waals surface area (Å²) in [5.74, 6) is 0.669. The molecular weight excluding hydrogens is 326 g/mol. The lowest BCUT2D eigenvalue weighted by Gasteiger charge is -2.29. The fourth-order valence-corrected chi connectivity index (χ4v) is 2.98. The minimum atomic E-state index is -0.923. The average Bonchev–Trinajstić information content (AvgIpc) is 2.61. The fraction of sp³-hybridized carbons (Fsp3) is 0.348. The maximum absolute atomic E-state index is 13.1. The van der Waals surface area contributed by atoms with Crippen molar-refractivity contribution in [2.75, 3.05) is 6.67 Å². The van der Waals surface area contributed by atoms with Crippen LogP contribution in [0.2, 0.25) is 0 Å². The summed E-state index contributed by atoms with van der Waals surface area (Å²) in [7, 11) is 0. The van der Waals surface area contributed by atoms with E-state index in [9.17, 15) is 9.18 Å². The molecule has 0 N–H and O–H groups in total. The minimum Gasteiger partial charge on any atom is -0.480 e. The molecule has 136 valence electrons. The lowest BCUT2D eigenvalue weighted by atomic mass is 9.86. The molecule has 0 radical (unpaired) electrons. The Morgan fingerprint density at radius 3 is 2.42 bits per heavy atom. The van der Waals surface area contributed by atoms with Gasteiger partial charge in [0.05, 0.1) is 0 Å². The SMILES string of the molecule is CC1(C[18F])C=Cc2cc(C(=O)Cc3ccc(C(C)(C)C)cc3)ccc2O1. The summed E-state index contributed by atoms with van der Waals surface area (Å²) in [5.41, 5.74) is 2.87. The number of halogens is 1. The lowest BCUT2D eigenvalue weighted by molar-refractivity contribution is 0.0991. The van der Waals surface area contributed by atoms with Gasteiger partial charge >= 0.3 is 0 Å². The summed E-state index contributed by atoms with van der Waals surface area (Å²) in [6, 6.07) is 13.5. The van der Waals surface area contributed by atoms with Crippen molar-refractivity contribution < 1.29 is 13.9 Å². The van der Waals surface area contributed by atoms with Crippen molar-refractivity contribution in [3.63, 3.8) is 0 Å². The first kappa shape index (κ1) is 18.4. The monoisotopic (exact) mass is 351 g/mol. The molecule has 1 heterocycles. The summed E-state index contributed by atoms with van der Waals surface area (Å²) < 4.78 is 18.8. The van der Waals surface area contributed by atoms with Crippen LogP contribution in [0.3, 0.4) is 0 Å². The van der Waals surface area contributed by atoms with Gasteiger partial charge in [-0.3, -0.25) is 4.79 Å². The van der Waals surface area contributed by atoms with Crippen LogP contribution in [-0.2, 0) is 11.8 Å². The highest BCUT2D eigenvalue weighted by Gasteiger charge is 2.27. The number of rotatable bonds is 4. The van der Waals surface area contributed by atoms with Gasteiger partial charge in [0.1, 0.15) is 12.4 Å². The summed E-state index contributed by atoms with van der Waals surface area (Å²) >= 11 is 0. The Morgan fingerprint density at radius 1 is 1.12 bits per heavy atom. The molecule has 2 aromatic carbocycles. The van der Waals surface area contributed by atoms with E-state index >= 15 is 0 Å². The van der Waals surface area contributed by atoms with E-state index in [1.165, 1.54) is 5.56 Å². The Balaban J connectivity index is 1.75. The highest BCUT2D eigenvalue weighted by molar-refractivity contribution is 5.98. The van der Waals surface area contributed by atoms with E-state index in [0.29, 0.717) is 17.7 Å². The number of ketones is 1. The second-order valence-corrected chi connectivity index (χ2v) is 8.18. The van der Waals surface area contributed by atoms with Crippen LogP contribution in [0, 0.1) is 0 Å². The van der Waals surface area contributed by atoms with E-state index in [2.05, 4.69) is 32.9 Å². The molecule has 0 saturated heterocycles. The van der Waals surface area contributed by atoms with Crippen molar-refractivity contribution in [1.82, 2.24) is 0 Å². The topological polar surface area (TPSA) is 26.3 Å². The van der Waals surface area contributed by atoms with Gasteiger partial charge in [0.2, 0.25) is 0 Å². The predicted molar refractivity (Wildman–Crippen MR) is 104 cm³/mol. The molecule has 0 aliphatic carbocycles. The van der Waals surface area contributed by atoms with Crippen LogP contribution in [0.4, 0.5) is 4.39 Å². The molecule has 0 saturated carbocycles. The molecule has 3 rings (SSSR count). The van der Waals surface area contributed by atoms with Crippen LogP contribution in [0.1, 0.15) is 54.7 Å². The number of carbonyl (C=O) groups excluding carboxylic acids is 1. The zero-order chi connectivity index (χ0) is 18.9. The third-order valence-corrected chi connectivity index (χ3v) is 4.74. The van der Waals surface area contributed by atoms with Crippen LogP contribution < -0.4 is 4.74 Å². The van der Waals surface area contributed by atoms with Gasteiger partial charge in [-0.1, -0.05) is 51.1 Å². The molecule has 2 nitrogen and oxygen atoms in total. The van der Waals surface area contributed by atoms with Crippen molar-refractivity contribution in [2.24, 2.45) is 0 Å². The van der Waals surface area contributed by atoms with Gasteiger partial charge < -0.3 is 4.74 Å². The first-order chi connectivity index (χ1) is 12.2. The zero-order valence-corrected chi connectivity index (χ0v) is 15.8. The van der Waals surface area contributed by atoms with Gasteiger partial charge in [0.15, 0.2) is 11.4 Å². The Labute approximate surface area is 154 Å². The normalized spacial score (nSPS) is 19.0. The standard InChI is InChI=1S/C23H25FO2/c1-22(2,3)19-8-5-16(6-9-19)13-20(25)17-7-10-21-18(14-17)11-12-23(4,15-24)26-21/h5-12,14H,13,15H2,1-4H3/i24-1. The molecule has 1 aliphatic heterocycles. The molecule has 0 spiro atoms. The van der Waals surface area contributed by atoms with Gasteiger partial charge in [-0.15, -0.1) is 0 Å². The molecule has 1 aliphatic rings. The maximum atomic E-state index is 13.1. The number of alkyl halides is 1. The van der Waals surface area contributed by atoms with Crippen molar-refractivity contribution in [3.8, 4) is 5.75 Å². The molecule has 0 amide bonds. The van der Waals surface area contributed by atoms with E-state index in [1.807, 2.05) is 24.3 Å². The first-order valence-electron chi connectivity index (χ1n) is 8.91. The van der Waals surface area contributed by atoms with Gasteiger partial charge in [-0.05, 0) is 47.7 Å². The second-order valence-electron chi connectivity index (χ2n) is 8.18. The van der Waals surface area contributed by atoms with Crippen LogP contribution in [-0.4, -0.2) is 18.1 Å². The Kier molecular flexibility index (Phi) is 4.74. The van der Waals surface area contributed by atoms with Crippen LogP contribution in [0.25, 0.3) is 6.08 Å². The smallest absolute Gasteiger partial charge is 0.167 e. The maximum Gasteiger partial charge on any atom is 0.167 e. The lowest BCUT2D eigenvalue weighted by Crippen LogP contribution is -2.34. The van der Waals surface area contributed by atoms with Gasteiger partial charge in [-0.2, -0.15) is 0 Å². The van der Waals surface area contributed by atoms with Crippen molar-refractivity contribution in [3.05, 3.63) is 70.8 Å². The van der Waals surface area contributed by atoms with Gasteiger partial charge in [-0.25, -0.2) is 4.39 Å². The quantitative estimate of drug-likeness (QED) is 0.676. The van der Waals surface area contributed by atoms with E-state index < -0.39 is 12.3 Å². The minimum absolute atomic E-state index is 0.0588. The number of Topliss-reactive ketones (excluding diaryl/α,β-unsaturated/α-hetero) is 1. The number of carbonyl (C=O) groups is 1. The molecule has 2 aromatic rings. The van der Waals surface area contributed by atoms with Crippen LogP contribution in [0.5, 0.6) is 5.75 Å². The van der Waals surface area contributed by atoms with Crippen molar-refractivity contribution >= 4 is 11.9 Å². The Morgan fingerprint density at radius 2 is 1.81 bits per heavy atom. The summed E-state index contributed by atoms with van der Waals surface area (Å²) in [6.07, 6.45) is 3.89. The molecule has 3 heteroatoms. The third kappa shape index (κ3) is 3.87. The number of benzene rings is 2. The van der Waals surface area contributed by atoms with E-state index in [1.54, 1.807) is 25.1 Å². The van der Waals surface area contributed by atoms with Gasteiger partial charge in [0.25, 0.3) is 0 Å². The van der Waals surface area contributed by atoms with Crippen LogP contribution >= 0.6 is 0 Å². The number of hydrogen-bond acceptors (Lipinski definition) is 2. The summed E-state index contributed by atoms with van der Waals surface area (Å²) in [6.45, 7) is 7.62. The molecule has 0 aromatic heterocycles. The summed E-state index contributed by atoms with van der Waals surface area (Å²) in [5, 5.41) is 0. The summed E-state index contributed by atoms with van der Waals surface area (Å²) in [4.78, 5) is 12.6. The molecule has 26 heavy (non-hydrogen) atoms. The molecule has 1 atom stereocenters. The third-order valence-electron chi connectivity index (χ3n) is 4.74. The number of fused-ring (bicyclic) bond motifs is 1. The number of ether oxygens (including phenoxy) is 1. The van der Waals surface area contributed by atoms with Crippen molar-refractivity contribution in [1.29, 1.82) is 0 Å². The Bertz CT molecular complexity index is 844. The largest absolute Gasteiger partial charge is 0.480 e. The second kappa shape index (κ2) is 6.71. The van der Waals surface area contributed by atoms with Crippen LogP contribution in [0.15, 0.2) is 48.5 Å². The highest BCUT2D eigenvalue weighted by atomic mass is 18.2. The van der Waals surface area contributed by atoms with E-state index in [-0.39, 0.29) is 11.2 Å². The predicted octanol–water partition coefficient (Wildman–Crippen LogP) is 5.54. The zero-order valence-electron chi connectivity index (χ0n) is 15.8. The molecule has 1 unspecified atom stereocenters. The van der Waals surface area contributed by atoms with Gasteiger partial charge in [0, 0.05) is 17.5 Å². The first-order valence-corrected chi connectivity index (χ1v) is 8.91. The van der Waals surface area contributed by atoms with E-state index in [4.69, 9.17) is 4.74 Å². The van der Waals surface area contributed by atoms with E-state index in [0.717, 1.165) is 11.1 Å². The number of hydrogen-bond donors (Lipinski definition) is 0. The highest BCUT2D eigenvalue weighted by Crippen LogP contribution is 2.32. The molecule has 0 bridgehead atoms. The fourth-order valence-electron chi connectivity index (χ4n) is 2.98.